The van der Waals surface area contributed by atoms with Crippen LogP contribution in [0.15, 0.2) is 29.2 Å². The van der Waals surface area contributed by atoms with Crippen LogP contribution in [0.25, 0.3) is 0 Å². The van der Waals surface area contributed by atoms with Gasteiger partial charge >= 0.3 is 6.18 Å². The van der Waals surface area contributed by atoms with Crippen LogP contribution in [0.4, 0.5) is 13.2 Å². The van der Waals surface area contributed by atoms with Crippen LogP contribution < -0.4 is 4.72 Å². The number of sulfonamides is 1. The molecule has 2 rings (SSSR count). The van der Waals surface area contributed by atoms with Gasteiger partial charge in [-0.1, -0.05) is 25.3 Å². The van der Waals surface area contributed by atoms with Crippen LogP contribution in [0, 0.1) is 5.92 Å². The minimum absolute atomic E-state index is 0.0351. The molecule has 0 amide bonds. The minimum atomic E-state index is -4.60. The van der Waals surface area contributed by atoms with Gasteiger partial charge in [-0.15, -0.1) is 0 Å². The van der Waals surface area contributed by atoms with Gasteiger partial charge < -0.3 is 5.11 Å². The molecule has 0 heterocycles. The molecule has 130 valence electrons. The van der Waals surface area contributed by atoms with Crippen molar-refractivity contribution in [3.63, 3.8) is 0 Å². The van der Waals surface area contributed by atoms with Crippen molar-refractivity contribution in [3.8, 4) is 0 Å². The largest absolute Gasteiger partial charge is 0.416 e. The zero-order valence-electron chi connectivity index (χ0n) is 12.5. The quantitative estimate of drug-likeness (QED) is 0.857. The molecule has 1 aliphatic carbocycles. The molecule has 1 atom stereocenters. The van der Waals surface area contributed by atoms with Crippen molar-refractivity contribution in [1.82, 2.24) is 4.72 Å². The third-order valence-electron chi connectivity index (χ3n) is 4.15. The van der Waals surface area contributed by atoms with E-state index in [0.29, 0.717) is 6.07 Å². The number of aliphatic hydroxyl groups is 1. The summed E-state index contributed by atoms with van der Waals surface area (Å²) in [5.41, 5.74) is -1.02. The summed E-state index contributed by atoms with van der Waals surface area (Å²) in [7, 11) is -4.09. The Bertz CT molecular complexity index is 625. The summed E-state index contributed by atoms with van der Waals surface area (Å²) in [6.07, 6.45) is -0.633. The fourth-order valence-electron chi connectivity index (χ4n) is 2.80. The lowest BCUT2D eigenvalue weighted by molar-refractivity contribution is -0.137. The van der Waals surface area contributed by atoms with Crippen molar-refractivity contribution in [3.05, 3.63) is 29.8 Å². The second-order valence-electron chi connectivity index (χ2n) is 5.84. The summed E-state index contributed by atoms with van der Waals surface area (Å²) < 4.78 is 64.4. The molecule has 4 nitrogen and oxygen atoms in total. The molecule has 23 heavy (non-hydrogen) atoms. The number of hydrogen-bond donors (Lipinski definition) is 2. The van der Waals surface area contributed by atoms with Gasteiger partial charge in [0.1, 0.15) is 0 Å². The van der Waals surface area contributed by atoms with E-state index in [2.05, 4.69) is 4.72 Å². The van der Waals surface area contributed by atoms with Gasteiger partial charge in [-0.3, -0.25) is 0 Å². The van der Waals surface area contributed by atoms with Crippen LogP contribution in [0.3, 0.4) is 0 Å². The first-order valence-corrected chi connectivity index (χ1v) is 9.03. The van der Waals surface area contributed by atoms with Crippen LogP contribution >= 0.6 is 0 Å². The van der Waals surface area contributed by atoms with E-state index in [9.17, 15) is 26.7 Å². The molecule has 2 N–H and O–H groups in total. The number of nitrogens with one attached hydrogen (secondary N) is 1. The van der Waals surface area contributed by atoms with Gasteiger partial charge in [-0.25, -0.2) is 13.1 Å². The smallest absolute Gasteiger partial charge is 0.391 e. The Labute approximate surface area is 133 Å². The number of halogens is 3. The Morgan fingerprint density at radius 2 is 1.87 bits per heavy atom. The van der Waals surface area contributed by atoms with Gasteiger partial charge in [-0.2, -0.15) is 13.2 Å². The molecule has 1 saturated carbocycles. The van der Waals surface area contributed by atoms with Gasteiger partial charge in [0.25, 0.3) is 0 Å². The first-order chi connectivity index (χ1) is 10.7. The summed E-state index contributed by atoms with van der Waals surface area (Å²) >= 11 is 0. The molecular weight excluding hydrogens is 331 g/mol. The van der Waals surface area contributed by atoms with Crippen molar-refractivity contribution < 1.29 is 26.7 Å². The van der Waals surface area contributed by atoms with Gasteiger partial charge in [0.05, 0.1) is 16.6 Å². The molecular formula is C15H20F3NO3S. The van der Waals surface area contributed by atoms with E-state index >= 15 is 0 Å². The molecule has 1 aliphatic rings. The van der Waals surface area contributed by atoms with Crippen LogP contribution in [0.2, 0.25) is 0 Å². The SMILES string of the molecule is O=S(=O)(NC[C@H](O)C1CCCCC1)c1cccc(C(F)(F)F)c1. The number of rotatable bonds is 5. The summed E-state index contributed by atoms with van der Waals surface area (Å²) in [5, 5.41) is 10.1. The van der Waals surface area contributed by atoms with Gasteiger partial charge in [0, 0.05) is 6.54 Å². The average Bonchev–Trinajstić information content (AvgIpc) is 2.53. The summed E-state index contributed by atoms with van der Waals surface area (Å²) in [4.78, 5) is -0.455. The fraction of sp³-hybridized carbons (Fsp3) is 0.600. The van der Waals surface area contributed by atoms with E-state index in [1.165, 1.54) is 0 Å². The Morgan fingerprint density at radius 3 is 2.48 bits per heavy atom. The molecule has 0 bridgehead atoms. The number of hydrogen-bond acceptors (Lipinski definition) is 3. The van der Waals surface area contributed by atoms with E-state index < -0.39 is 32.8 Å². The van der Waals surface area contributed by atoms with Crippen molar-refractivity contribution in [1.29, 1.82) is 0 Å². The topological polar surface area (TPSA) is 66.4 Å². The van der Waals surface area contributed by atoms with E-state index in [0.717, 1.165) is 50.3 Å². The Morgan fingerprint density at radius 1 is 1.22 bits per heavy atom. The third-order valence-corrected chi connectivity index (χ3v) is 5.57. The lowest BCUT2D eigenvalue weighted by Crippen LogP contribution is -2.37. The zero-order valence-corrected chi connectivity index (χ0v) is 13.3. The van der Waals surface area contributed by atoms with Crippen LogP contribution in [-0.2, 0) is 16.2 Å². The maximum absolute atomic E-state index is 12.7. The minimum Gasteiger partial charge on any atom is -0.391 e. The zero-order chi connectivity index (χ0) is 17.1. The molecule has 0 radical (unpaired) electrons. The molecule has 1 aromatic rings. The molecule has 8 heteroatoms. The second kappa shape index (κ2) is 7.19. The summed E-state index contributed by atoms with van der Waals surface area (Å²) in [6.45, 7) is -0.191. The van der Waals surface area contributed by atoms with Crippen molar-refractivity contribution >= 4 is 10.0 Å². The Hall–Kier alpha value is -1.12. The first-order valence-electron chi connectivity index (χ1n) is 7.55. The highest BCUT2D eigenvalue weighted by molar-refractivity contribution is 7.89. The van der Waals surface area contributed by atoms with Gasteiger partial charge in [-0.05, 0) is 37.0 Å². The molecule has 1 fully saturated rings. The lowest BCUT2D eigenvalue weighted by atomic mass is 9.85. The highest BCUT2D eigenvalue weighted by Crippen LogP contribution is 2.30. The van der Waals surface area contributed by atoms with Crippen molar-refractivity contribution in [2.45, 2.75) is 49.3 Å². The fourth-order valence-corrected chi connectivity index (χ4v) is 3.90. The molecule has 0 unspecified atom stereocenters. The first kappa shape index (κ1) is 18.2. The Kier molecular flexibility index (Phi) is 5.70. The van der Waals surface area contributed by atoms with E-state index in [4.69, 9.17) is 0 Å². The van der Waals surface area contributed by atoms with Crippen LogP contribution in [0.5, 0.6) is 0 Å². The van der Waals surface area contributed by atoms with E-state index in [-0.39, 0.29) is 12.5 Å². The maximum Gasteiger partial charge on any atom is 0.416 e. The van der Waals surface area contributed by atoms with Crippen molar-refractivity contribution in [2.75, 3.05) is 6.54 Å². The van der Waals surface area contributed by atoms with Gasteiger partial charge in [0.2, 0.25) is 10.0 Å². The molecule has 0 spiro atoms. The van der Waals surface area contributed by atoms with Crippen LogP contribution in [0.1, 0.15) is 37.7 Å². The third kappa shape index (κ3) is 4.92. The monoisotopic (exact) mass is 351 g/mol. The standard InChI is InChI=1S/C15H20F3NO3S/c16-15(17,18)12-7-4-8-13(9-12)23(21,22)19-10-14(20)11-5-2-1-3-6-11/h4,7-9,11,14,19-20H,1-3,5-6,10H2/t14-/m0/s1. The molecule has 0 aliphatic heterocycles. The summed E-state index contributed by atoms with van der Waals surface area (Å²) in [5.74, 6) is 0.0351. The average molecular weight is 351 g/mol. The highest BCUT2D eigenvalue weighted by atomic mass is 32.2. The maximum atomic E-state index is 12.7. The van der Waals surface area contributed by atoms with E-state index in [1.807, 2.05) is 0 Å². The number of alkyl halides is 3. The number of aliphatic hydroxyl groups excluding tert-OH is 1. The second-order valence-corrected chi connectivity index (χ2v) is 7.61. The van der Waals surface area contributed by atoms with Gasteiger partial charge in [0.15, 0.2) is 0 Å². The number of benzene rings is 1. The molecule has 0 saturated heterocycles. The van der Waals surface area contributed by atoms with Crippen molar-refractivity contribution in [2.24, 2.45) is 5.92 Å². The predicted molar refractivity (Wildman–Crippen MR) is 79.2 cm³/mol. The summed E-state index contributed by atoms with van der Waals surface area (Å²) in [6, 6.07) is 3.56. The van der Waals surface area contributed by atoms with Crippen LogP contribution in [-0.4, -0.2) is 26.2 Å². The highest BCUT2D eigenvalue weighted by Gasteiger charge is 2.32. The Balaban J connectivity index is 2.04. The normalized spacial score (nSPS) is 18.8. The molecule has 1 aromatic carbocycles. The predicted octanol–water partition coefficient (Wildman–Crippen LogP) is 2.92. The van der Waals surface area contributed by atoms with E-state index in [1.54, 1.807) is 0 Å². The lowest BCUT2D eigenvalue weighted by Gasteiger charge is -2.26. The molecule has 0 aromatic heterocycles.